The molecular formula is C19H15ClN2O4. The smallest absolute Gasteiger partial charge is 0.329 e. The van der Waals surface area contributed by atoms with Crippen LogP contribution >= 0.6 is 11.6 Å². The first kappa shape index (κ1) is 17.8. The van der Waals surface area contributed by atoms with E-state index in [1.165, 1.54) is 19.1 Å². The van der Waals surface area contributed by atoms with Gasteiger partial charge in [-0.25, -0.2) is 0 Å². The number of allylic oxidation sites excluding steroid dienone is 3. The van der Waals surface area contributed by atoms with Gasteiger partial charge in [-0.05, 0) is 30.7 Å². The Kier molecular flexibility index (Phi) is 5.14. The van der Waals surface area contributed by atoms with Crippen molar-refractivity contribution < 1.29 is 19.1 Å². The first-order chi connectivity index (χ1) is 12.4. The highest BCUT2D eigenvalue weighted by Gasteiger charge is 2.36. The molecule has 132 valence electrons. The van der Waals surface area contributed by atoms with Gasteiger partial charge in [0.25, 0.3) is 0 Å². The van der Waals surface area contributed by atoms with Crippen LogP contribution in [0.1, 0.15) is 18.1 Å². The summed E-state index contributed by atoms with van der Waals surface area (Å²) in [6, 6.07) is 7.44. The molecule has 2 aromatic rings. The average molecular weight is 371 g/mol. The minimum absolute atomic E-state index is 0.189. The molecule has 0 saturated carbocycles. The molecule has 1 aromatic carbocycles. The lowest BCUT2D eigenvalue weighted by Gasteiger charge is -2.15. The Bertz CT molecular complexity index is 943. The van der Waals surface area contributed by atoms with Gasteiger partial charge in [0, 0.05) is 22.9 Å². The highest BCUT2D eigenvalue weighted by atomic mass is 35.5. The molecule has 0 bridgehead atoms. The number of ether oxygens (including phenoxy) is 1. The van der Waals surface area contributed by atoms with E-state index in [2.05, 4.69) is 5.10 Å². The summed E-state index contributed by atoms with van der Waals surface area (Å²) in [4.78, 5) is 35.7. The van der Waals surface area contributed by atoms with Crippen LogP contribution in [0.4, 0.5) is 0 Å². The molecule has 6 nitrogen and oxygen atoms in total. The third kappa shape index (κ3) is 3.97. The molecule has 0 radical (unpaired) electrons. The lowest BCUT2D eigenvalue weighted by molar-refractivity contribution is -0.151. The predicted octanol–water partition coefficient (Wildman–Crippen LogP) is 2.81. The van der Waals surface area contributed by atoms with Gasteiger partial charge < -0.3 is 4.74 Å². The van der Waals surface area contributed by atoms with Crippen molar-refractivity contribution in [2.75, 3.05) is 0 Å². The van der Waals surface area contributed by atoms with E-state index in [-0.39, 0.29) is 5.76 Å². The number of hydrogen-bond acceptors (Lipinski definition) is 5. The highest BCUT2D eigenvalue weighted by Crippen LogP contribution is 2.18. The van der Waals surface area contributed by atoms with Gasteiger partial charge in [-0.3, -0.25) is 19.1 Å². The van der Waals surface area contributed by atoms with E-state index >= 15 is 0 Å². The summed E-state index contributed by atoms with van der Waals surface area (Å²) in [5, 5.41) is 4.86. The number of carbonyl (C=O) groups is 3. The highest BCUT2D eigenvalue weighted by molar-refractivity contribution is 6.31. The van der Waals surface area contributed by atoms with Crippen molar-refractivity contribution in [1.29, 1.82) is 0 Å². The van der Waals surface area contributed by atoms with Crippen LogP contribution in [-0.2, 0) is 25.7 Å². The molecule has 7 heteroatoms. The fraction of sp³-hybridized carbons (Fsp3) is 0.158. The Morgan fingerprint density at radius 2 is 2.12 bits per heavy atom. The van der Waals surface area contributed by atoms with E-state index < -0.39 is 23.5 Å². The number of aromatic nitrogens is 2. The molecule has 1 aliphatic rings. The van der Waals surface area contributed by atoms with Gasteiger partial charge in [0.1, 0.15) is 5.76 Å². The van der Waals surface area contributed by atoms with Gasteiger partial charge in [0.15, 0.2) is 17.5 Å². The molecule has 1 unspecified atom stereocenters. The van der Waals surface area contributed by atoms with E-state index in [0.29, 0.717) is 17.1 Å². The minimum Gasteiger partial charge on any atom is -0.430 e. The molecular weight excluding hydrogens is 356 g/mol. The van der Waals surface area contributed by atoms with Crippen LogP contribution in [-0.4, -0.2) is 27.3 Å². The predicted molar refractivity (Wildman–Crippen MR) is 95.2 cm³/mol. The summed E-state index contributed by atoms with van der Waals surface area (Å²) in [5.41, 5.74) is 1.58. The number of ketones is 2. The fourth-order valence-corrected chi connectivity index (χ4v) is 2.73. The zero-order chi connectivity index (χ0) is 18.7. The van der Waals surface area contributed by atoms with Crippen LogP contribution in [0.15, 0.2) is 54.6 Å². The van der Waals surface area contributed by atoms with Gasteiger partial charge in [0.2, 0.25) is 0 Å². The van der Waals surface area contributed by atoms with E-state index in [0.717, 1.165) is 11.6 Å². The molecule has 1 aliphatic heterocycles. The molecule has 26 heavy (non-hydrogen) atoms. The van der Waals surface area contributed by atoms with E-state index in [1.54, 1.807) is 23.1 Å². The Labute approximate surface area is 154 Å². The number of hydrogen-bond donors (Lipinski definition) is 0. The van der Waals surface area contributed by atoms with Crippen molar-refractivity contribution in [2.24, 2.45) is 5.92 Å². The molecule has 0 spiro atoms. The number of rotatable bonds is 5. The first-order valence-corrected chi connectivity index (χ1v) is 8.23. The first-order valence-electron chi connectivity index (χ1n) is 7.85. The number of benzene rings is 1. The summed E-state index contributed by atoms with van der Waals surface area (Å²) in [6.45, 7) is 1.97. The summed E-state index contributed by atoms with van der Waals surface area (Å²) in [6.07, 6.45) is 7.16. The Hall–Kier alpha value is -2.99. The number of esters is 1. The summed E-state index contributed by atoms with van der Waals surface area (Å²) in [5.74, 6) is -3.29. The monoisotopic (exact) mass is 370 g/mol. The number of nitrogens with zero attached hydrogens (tertiary/aromatic N) is 2. The second-order valence-corrected chi connectivity index (χ2v) is 6.22. The van der Waals surface area contributed by atoms with Crippen molar-refractivity contribution >= 4 is 35.2 Å². The zero-order valence-electron chi connectivity index (χ0n) is 13.9. The van der Waals surface area contributed by atoms with Crippen molar-refractivity contribution in [1.82, 2.24) is 9.78 Å². The van der Waals surface area contributed by atoms with Gasteiger partial charge in [-0.2, -0.15) is 5.10 Å². The maximum absolute atomic E-state index is 12.2. The second kappa shape index (κ2) is 7.49. The summed E-state index contributed by atoms with van der Waals surface area (Å²) < 4.78 is 6.52. The molecule has 0 amide bonds. The van der Waals surface area contributed by atoms with Crippen LogP contribution in [0.3, 0.4) is 0 Å². The normalized spacial score (nSPS) is 17.3. The molecule has 0 N–H and O–H groups in total. The van der Waals surface area contributed by atoms with Crippen LogP contribution < -0.4 is 0 Å². The van der Waals surface area contributed by atoms with Crippen LogP contribution in [0, 0.1) is 5.92 Å². The van der Waals surface area contributed by atoms with Crippen molar-refractivity contribution in [3.05, 3.63) is 70.7 Å². The minimum atomic E-state index is -1.44. The third-order valence-corrected chi connectivity index (χ3v) is 4.16. The topological polar surface area (TPSA) is 78.3 Å². The van der Waals surface area contributed by atoms with Gasteiger partial charge in [0.05, 0.1) is 12.7 Å². The van der Waals surface area contributed by atoms with Crippen LogP contribution in [0.25, 0.3) is 6.08 Å². The summed E-state index contributed by atoms with van der Waals surface area (Å²) >= 11 is 6.13. The number of carbonyl (C=O) groups excluding carboxylic acids is 3. The average Bonchev–Trinajstić information content (AvgIpc) is 3.02. The maximum atomic E-state index is 12.2. The lowest BCUT2D eigenvalue weighted by atomic mass is 9.96. The molecule has 0 saturated heterocycles. The molecule has 0 fully saturated rings. The van der Waals surface area contributed by atoms with Crippen molar-refractivity contribution in [3.63, 3.8) is 0 Å². The molecule has 0 aliphatic carbocycles. The molecule has 3 rings (SSSR count). The Morgan fingerprint density at radius 1 is 1.35 bits per heavy atom. The van der Waals surface area contributed by atoms with Crippen molar-refractivity contribution in [3.8, 4) is 0 Å². The molecule has 2 heterocycles. The lowest BCUT2D eigenvalue weighted by Crippen LogP contribution is -2.34. The third-order valence-electron chi connectivity index (χ3n) is 3.80. The fourth-order valence-electron chi connectivity index (χ4n) is 2.53. The second-order valence-electron chi connectivity index (χ2n) is 5.81. The van der Waals surface area contributed by atoms with Gasteiger partial charge in [-0.15, -0.1) is 0 Å². The summed E-state index contributed by atoms with van der Waals surface area (Å²) in [7, 11) is 0. The van der Waals surface area contributed by atoms with E-state index in [4.69, 9.17) is 16.3 Å². The SMILES string of the molecule is CC1=CC(=O)C(C(=O)/C=C/c2cnn(Cc3ccccc3Cl)c2)C(=O)O1. The van der Waals surface area contributed by atoms with Crippen LogP contribution in [0.2, 0.25) is 5.02 Å². The van der Waals surface area contributed by atoms with E-state index in [9.17, 15) is 14.4 Å². The molecule has 1 aromatic heterocycles. The van der Waals surface area contributed by atoms with Gasteiger partial charge in [-0.1, -0.05) is 29.8 Å². The Morgan fingerprint density at radius 3 is 2.85 bits per heavy atom. The van der Waals surface area contributed by atoms with E-state index in [1.807, 2.05) is 18.2 Å². The van der Waals surface area contributed by atoms with Crippen molar-refractivity contribution in [2.45, 2.75) is 13.5 Å². The Balaban J connectivity index is 1.69. The standard InChI is InChI=1S/C19H15ClN2O4/c1-12-8-17(24)18(19(25)26-12)16(23)7-6-13-9-21-22(10-13)11-14-4-2-3-5-15(14)20/h2-10,18H,11H2,1H3/b7-6+. The maximum Gasteiger partial charge on any atom is 0.329 e. The van der Waals surface area contributed by atoms with Gasteiger partial charge >= 0.3 is 5.97 Å². The number of halogens is 1. The number of cyclic esters (lactones) is 1. The molecule has 1 atom stereocenters. The quantitative estimate of drug-likeness (QED) is 0.459. The zero-order valence-corrected chi connectivity index (χ0v) is 14.6. The van der Waals surface area contributed by atoms with Crippen LogP contribution in [0.5, 0.6) is 0 Å². The largest absolute Gasteiger partial charge is 0.430 e.